The molecule has 1 atom stereocenters. The van der Waals surface area contributed by atoms with E-state index in [1.807, 2.05) is 72.9 Å². The third kappa shape index (κ3) is 50.5. The van der Waals surface area contributed by atoms with Crippen molar-refractivity contribution in [2.75, 3.05) is 13.2 Å². The van der Waals surface area contributed by atoms with E-state index in [4.69, 9.17) is 14.2 Å². The zero-order valence-electron chi connectivity index (χ0n) is 42.1. The summed E-state index contributed by atoms with van der Waals surface area (Å²) in [6.45, 7) is 6.26. The van der Waals surface area contributed by atoms with Gasteiger partial charge in [0.25, 0.3) is 0 Å². The van der Waals surface area contributed by atoms with Gasteiger partial charge in [-0.05, 0) is 89.9 Å². The van der Waals surface area contributed by atoms with Crippen LogP contribution in [0.2, 0.25) is 0 Å². The van der Waals surface area contributed by atoms with Crippen LogP contribution in [0.15, 0.2) is 134 Å². The van der Waals surface area contributed by atoms with Crippen LogP contribution in [0.1, 0.15) is 207 Å². The van der Waals surface area contributed by atoms with Crippen LogP contribution in [0.3, 0.4) is 0 Å². The molecule has 0 saturated carbocycles. The summed E-state index contributed by atoms with van der Waals surface area (Å²) in [6, 6.07) is 0. The van der Waals surface area contributed by atoms with Crippen LogP contribution in [-0.4, -0.2) is 37.2 Å². The zero-order chi connectivity index (χ0) is 47.9. The lowest BCUT2D eigenvalue weighted by Gasteiger charge is -2.18. The Balaban J connectivity index is 4.54. The molecule has 0 fully saturated rings. The number of allylic oxidation sites excluding steroid dienone is 22. The highest BCUT2D eigenvalue weighted by Gasteiger charge is 2.19. The first-order valence-corrected chi connectivity index (χ1v) is 26.3. The van der Waals surface area contributed by atoms with Gasteiger partial charge in [-0.2, -0.15) is 0 Å². The summed E-state index contributed by atoms with van der Waals surface area (Å²) in [4.78, 5) is 38.0. The van der Waals surface area contributed by atoms with E-state index >= 15 is 0 Å². The Morgan fingerprint density at radius 2 is 0.682 bits per heavy atom. The molecule has 0 heterocycles. The molecule has 66 heavy (non-hydrogen) atoms. The molecule has 0 N–H and O–H groups in total. The van der Waals surface area contributed by atoms with E-state index in [0.717, 1.165) is 83.5 Å². The van der Waals surface area contributed by atoms with Crippen LogP contribution < -0.4 is 0 Å². The van der Waals surface area contributed by atoms with Gasteiger partial charge in [-0.3, -0.25) is 14.4 Å². The Bertz CT molecular complexity index is 1460. The topological polar surface area (TPSA) is 78.9 Å². The van der Waals surface area contributed by atoms with Gasteiger partial charge >= 0.3 is 17.9 Å². The second-order valence-electron chi connectivity index (χ2n) is 16.8. The highest BCUT2D eigenvalue weighted by molar-refractivity contribution is 5.71. The second kappa shape index (κ2) is 53.2. The summed E-state index contributed by atoms with van der Waals surface area (Å²) in [5.74, 6) is -1.04. The minimum absolute atomic E-state index is 0.126. The zero-order valence-corrected chi connectivity index (χ0v) is 42.1. The standard InChI is InChI=1S/C60H94O6/c1-4-7-10-13-16-19-22-24-26-28-30-32-33-35-38-41-44-47-50-53-59(62)65-56-57(55-64-58(61)52-49-46-43-40-37-21-18-15-12-9-6-3)66-60(63)54-51-48-45-42-39-36-34-31-29-27-25-23-20-17-14-11-8-5-2/h7,9-10,12-13,16,18-19,21-22,24,26,28,30-35,38,40,43,57H,4-6,8,11,14-15,17,20,23,25,27,29,36-37,39,41-42,44-56H2,1-3H3/b10-7-,12-9-,16-13-,21-18-,22-19-,26-24-,30-28+,33-32-,34-31-,38-35-,43-40-. The number of esters is 3. The van der Waals surface area contributed by atoms with Crippen molar-refractivity contribution in [2.45, 2.75) is 213 Å². The Labute approximate surface area is 405 Å². The molecule has 0 radical (unpaired) electrons. The van der Waals surface area contributed by atoms with E-state index in [0.29, 0.717) is 19.3 Å². The van der Waals surface area contributed by atoms with Crippen molar-refractivity contribution in [1.82, 2.24) is 0 Å². The molecule has 6 nitrogen and oxygen atoms in total. The maximum absolute atomic E-state index is 12.8. The Morgan fingerprint density at radius 1 is 0.333 bits per heavy atom. The van der Waals surface area contributed by atoms with E-state index < -0.39 is 6.10 Å². The van der Waals surface area contributed by atoms with E-state index in [1.54, 1.807) is 0 Å². The Kier molecular flexibility index (Phi) is 49.6. The van der Waals surface area contributed by atoms with Crippen LogP contribution >= 0.6 is 0 Å². The van der Waals surface area contributed by atoms with Crippen molar-refractivity contribution in [1.29, 1.82) is 0 Å². The Hall–Kier alpha value is -4.45. The predicted molar refractivity (Wildman–Crippen MR) is 283 cm³/mol. The molecule has 0 amide bonds. The molecule has 0 rings (SSSR count). The SMILES string of the molecule is CC\C=C/C=C\C=C/C=C\C=C\C=C/C=C\CCCCCC(=O)OCC(COC(=O)CCC/C=C\C/C=C\C/C=C\CC)OC(=O)CCCCCCC/C=C\CCCCCCCCCCC. The van der Waals surface area contributed by atoms with Crippen LogP contribution in [0.5, 0.6) is 0 Å². The van der Waals surface area contributed by atoms with E-state index in [2.05, 4.69) is 81.5 Å². The quantitative estimate of drug-likeness (QED) is 0.0199. The third-order valence-corrected chi connectivity index (χ3v) is 10.6. The minimum Gasteiger partial charge on any atom is -0.462 e. The van der Waals surface area contributed by atoms with Crippen molar-refractivity contribution in [3.63, 3.8) is 0 Å². The lowest BCUT2D eigenvalue weighted by atomic mass is 10.1. The number of carbonyl (C=O) groups excluding carboxylic acids is 3. The number of hydrogen-bond donors (Lipinski definition) is 0. The van der Waals surface area contributed by atoms with Crippen LogP contribution in [0.25, 0.3) is 0 Å². The average molecular weight is 911 g/mol. The summed E-state index contributed by atoms with van der Waals surface area (Å²) < 4.78 is 16.7. The molecule has 0 spiro atoms. The van der Waals surface area contributed by atoms with Crippen LogP contribution in [0, 0.1) is 0 Å². The minimum atomic E-state index is -0.826. The van der Waals surface area contributed by atoms with Crippen molar-refractivity contribution in [2.24, 2.45) is 0 Å². The Morgan fingerprint density at radius 3 is 1.20 bits per heavy atom. The molecule has 0 aromatic rings. The van der Waals surface area contributed by atoms with Crippen LogP contribution in [0.4, 0.5) is 0 Å². The maximum Gasteiger partial charge on any atom is 0.306 e. The number of hydrogen-bond acceptors (Lipinski definition) is 6. The molecular weight excluding hydrogens is 817 g/mol. The maximum atomic E-state index is 12.8. The highest BCUT2D eigenvalue weighted by atomic mass is 16.6. The fourth-order valence-electron chi connectivity index (χ4n) is 6.68. The lowest BCUT2D eigenvalue weighted by Crippen LogP contribution is -2.30. The molecule has 1 unspecified atom stereocenters. The van der Waals surface area contributed by atoms with E-state index in [1.165, 1.54) is 70.6 Å². The number of ether oxygens (including phenoxy) is 3. The third-order valence-electron chi connectivity index (χ3n) is 10.6. The first-order valence-electron chi connectivity index (χ1n) is 26.3. The van der Waals surface area contributed by atoms with Gasteiger partial charge in [-0.1, -0.05) is 231 Å². The monoisotopic (exact) mass is 911 g/mol. The fourth-order valence-corrected chi connectivity index (χ4v) is 6.68. The molecule has 370 valence electrons. The molecule has 0 aromatic heterocycles. The van der Waals surface area contributed by atoms with Gasteiger partial charge in [0, 0.05) is 19.3 Å². The normalized spacial score (nSPS) is 13.2. The molecular formula is C60H94O6. The number of rotatable bonds is 45. The molecule has 0 saturated heterocycles. The molecule has 6 heteroatoms. The summed E-state index contributed by atoms with van der Waals surface area (Å²) in [5.41, 5.74) is 0. The summed E-state index contributed by atoms with van der Waals surface area (Å²) in [5, 5.41) is 0. The predicted octanol–water partition coefficient (Wildman–Crippen LogP) is 17.5. The average Bonchev–Trinajstić information content (AvgIpc) is 3.31. The smallest absolute Gasteiger partial charge is 0.306 e. The highest BCUT2D eigenvalue weighted by Crippen LogP contribution is 2.13. The fraction of sp³-hybridized carbons (Fsp3) is 0.583. The van der Waals surface area contributed by atoms with Gasteiger partial charge < -0.3 is 14.2 Å². The number of unbranched alkanes of at least 4 members (excludes halogenated alkanes) is 18. The van der Waals surface area contributed by atoms with Gasteiger partial charge in [0.2, 0.25) is 0 Å². The van der Waals surface area contributed by atoms with Gasteiger partial charge in [-0.25, -0.2) is 0 Å². The molecule has 0 bridgehead atoms. The molecule has 0 aliphatic heterocycles. The van der Waals surface area contributed by atoms with Gasteiger partial charge in [-0.15, -0.1) is 0 Å². The summed E-state index contributed by atoms with van der Waals surface area (Å²) >= 11 is 0. The lowest BCUT2D eigenvalue weighted by molar-refractivity contribution is -0.167. The molecule has 0 aliphatic rings. The number of carbonyl (C=O) groups is 3. The van der Waals surface area contributed by atoms with Crippen molar-refractivity contribution >= 4 is 17.9 Å². The first-order chi connectivity index (χ1) is 32.5. The summed E-state index contributed by atoms with van der Waals surface area (Å²) in [7, 11) is 0. The van der Waals surface area contributed by atoms with Crippen molar-refractivity contribution in [3.8, 4) is 0 Å². The van der Waals surface area contributed by atoms with Crippen molar-refractivity contribution < 1.29 is 28.6 Å². The van der Waals surface area contributed by atoms with Gasteiger partial charge in [0.1, 0.15) is 13.2 Å². The first kappa shape index (κ1) is 61.5. The van der Waals surface area contributed by atoms with Crippen molar-refractivity contribution in [3.05, 3.63) is 134 Å². The van der Waals surface area contributed by atoms with E-state index in [-0.39, 0.29) is 44.0 Å². The largest absolute Gasteiger partial charge is 0.462 e. The van der Waals surface area contributed by atoms with Crippen LogP contribution in [-0.2, 0) is 28.6 Å². The van der Waals surface area contributed by atoms with E-state index in [9.17, 15) is 14.4 Å². The summed E-state index contributed by atoms with van der Waals surface area (Å²) in [6.07, 6.45) is 74.4. The second-order valence-corrected chi connectivity index (χ2v) is 16.8. The molecule has 0 aliphatic carbocycles. The molecule has 0 aromatic carbocycles. The van der Waals surface area contributed by atoms with Gasteiger partial charge in [0.05, 0.1) is 0 Å². The van der Waals surface area contributed by atoms with Gasteiger partial charge in [0.15, 0.2) is 6.10 Å².